The average Bonchev–Trinajstić information content (AvgIpc) is 2.26. The van der Waals surface area contributed by atoms with Gasteiger partial charge in [0.25, 0.3) is 0 Å². The van der Waals surface area contributed by atoms with Crippen LogP contribution in [0.5, 0.6) is 11.5 Å². The molecule has 3 heteroatoms. The molecule has 0 aliphatic heterocycles. The molecule has 0 fully saturated rings. The van der Waals surface area contributed by atoms with Gasteiger partial charge in [-0.2, -0.15) is 0 Å². The highest BCUT2D eigenvalue weighted by molar-refractivity contribution is 9.10. The van der Waals surface area contributed by atoms with Crippen LogP contribution in [-0.4, -0.2) is 5.11 Å². The zero-order chi connectivity index (χ0) is 14.0. The summed E-state index contributed by atoms with van der Waals surface area (Å²) >= 11 is 3.43. The summed E-state index contributed by atoms with van der Waals surface area (Å²) in [5.41, 5.74) is 3.09. The number of benzene rings is 2. The van der Waals surface area contributed by atoms with Gasteiger partial charge in [-0.3, -0.25) is 0 Å². The summed E-state index contributed by atoms with van der Waals surface area (Å²) in [5, 5.41) is 9.79. The number of aliphatic hydroxyl groups excluding tert-OH is 1. The molecule has 0 spiro atoms. The first kappa shape index (κ1) is 14.1. The molecular formula is C16H17BrO2. The van der Waals surface area contributed by atoms with Crippen LogP contribution in [0.2, 0.25) is 0 Å². The Bertz CT molecular complexity index is 571. The van der Waals surface area contributed by atoms with Crippen molar-refractivity contribution in [2.45, 2.75) is 26.9 Å². The van der Waals surface area contributed by atoms with Crippen LogP contribution in [0.15, 0.2) is 40.9 Å². The Kier molecular flexibility index (Phi) is 4.27. The van der Waals surface area contributed by atoms with Crippen LogP contribution in [0.4, 0.5) is 0 Å². The van der Waals surface area contributed by atoms with Gasteiger partial charge >= 0.3 is 0 Å². The van der Waals surface area contributed by atoms with Gasteiger partial charge in [0.2, 0.25) is 0 Å². The van der Waals surface area contributed by atoms with Crippen LogP contribution in [0.3, 0.4) is 0 Å². The van der Waals surface area contributed by atoms with E-state index in [-0.39, 0.29) is 0 Å². The number of halogens is 1. The summed E-state index contributed by atoms with van der Waals surface area (Å²) in [4.78, 5) is 0. The van der Waals surface area contributed by atoms with Crippen molar-refractivity contribution in [1.82, 2.24) is 0 Å². The van der Waals surface area contributed by atoms with Crippen molar-refractivity contribution in [1.29, 1.82) is 0 Å². The highest BCUT2D eigenvalue weighted by Crippen LogP contribution is 2.32. The predicted molar refractivity (Wildman–Crippen MR) is 80.8 cm³/mol. The molecule has 0 aliphatic rings. The summed E-state index contributed by atoms with van der Waals surface area (Å²) in [5.74, 6) is 1.46. The minimum atomic E-state index is -0.561. The first-order valence-electron chi connectivity index (χ1n) is 6.19. The van der Waals surface area contributed by atoms with E-state index in [2.05, 4.69) is 22.0 Å². The molecule has 1 unspecified atom stereocenters. The third-order valence-electron chi connectivity index (χ3n) is 2.85. The second kappa shape index (κ2) is 5.76. The number of ether oxygens (including phenoxy) is 1. The summed E-state index contributed by atoms with van der Waals surface area (Å²) in [6.07, 6.45) is -0.561. The van der Waals surface area contributed by atoms with Crippen molar-refractivity contribution in [3.05, 3.63) is 57.6 Å². The largest absolute Gasteiger partial charge is 0.457 e. The SMILES string of the molecule is Cc1cc(C)cc(Oc2cc(Br)ccc2C(C)O)c1. The molecule has 2 aromatic carbocycles. The molecule has 0 radical (unpaired) electrons. The number of hydrogen-bond donors (Lipinski definition) is 1. The van der Waals surface area contributed by atoms with Crippen molar-refractivity contribution in [2.75, 3.05) is 0 Å². The molecule has 2 aromatic rings. The lowest BCUT2D eigenvalue weighted by molar-refractivity contribution is 0.195. The fraction of sp³-hybridized carbons (Fsp3) is 0.250. The van der Waals surface area contributed by atoms with Gasteiger partial charge in [0.15, 0.2) is 0 Å². The molecule has 0 amide bonds. The summed E-state index contributed by atoms with van der Waals surface area (Å²) in [6, 6.07) is 11.7. The molecular weight excluding hydrogens is 304 g/mol. The smallest absolute Gasteiger partial charge is 0.134 e. The zero-order valence-electron chi connectivity index (χ0n) is 11.3. The van der Waals surface area contributed by atoms with Gasteiger partial charge in [0.05, 0.1) is 6.10 Å². The molecule has 0 saturated carbocycles. The lowest BCUT2D eigenvalue weighted by Crippen LogP contribution is -1.96. The van der Waals surface area contributed by atoms with E-state index in [1.807, 2.05) is 44.2 Å². The maximum absolute atomic E-state index is 9.79. The molecule has 2 rings (SSSR count). The van der Waals surface area contributed by atoms with Gasteiger partial charge in [-0.1, -0.05) is 28.1 Å². The van der Waals surface area contributed by atoms with Crippen molar-refractivity contribution < 1.29 is 9.84 Å². The van der Waals surface area contributed by atoms with E-state index in [1.165, 1.54) is 0 Å². The van der Waals surface area contributed by atoms with E-state index in [0.717, 1.165) is 26.9 Å². The van der Waals surface area contributed by atoms with Crippen LogP contribution in [0, 0.1) is 13.8 Å². The second-order valence-corrected chi connectivity index (χ2v) is 5.70. The lowest BCUT2D eigenvalue weighted by atomic mass is 10.1. The second-order valence-electron chi connectivity index (χ2n) is 4.78. The Labute approximate surface area is 122 Å². The van der Waals surface area contributed by atoms with Crippen LogP contribution in [0.25, 0.3) is 0 Å². The van der Waals surface area contributed by atoms with Crippen molar-refractivity contribution in [2.24, 2.45) is 0 Å². The van der Waals surface area contributed by atoms with E-state index in [4.69, 9.17) is 4.74 Å². The van der Waals surface area contributed by atoms with Gasteiger partial charge in [-0.05, 0) is 56.2 Å². The van der Waals surface area contributed by atoms with Gasteiger partial charge in [0, 0.05) is 10.0 Å². The first-order chi connectivity index (χ1) is 8.95. The maximum Gasteiger partial charge on any atom is 0.134 e. The fourth-order valence-corrected chi connectivity index (χ4v) is 2.40. The van der Waals surface area contributed by atoms with E-state index in [0.29, 0.717) is 5.75 Å². The van der Waals surface area contributed by atoms with Gasteiger partial charge < -0.3 is 9.84 Å². The van der Waals surface area contributed by atoms with E-state index < -0.39 is 6.10 Å². The van der Waals surface area contributed by atoms with Crippen LogP contribution >= 0.6 is 15.9 Å². The quantitative estimate of drug-likeness (QED) is 0.870. The molecule has 100 valence electrons. The number of rotatable bonds is 3. The number of aliphatic hydroxyl groups is 1. The topological polar surface area (TPSA) is 29.5 Å². The third kappa shape index (κ3) is 3.58. The predicted octanol–water partition coefficient (Wildman–Crippen LogP) is 4.91. The third-order valence-corrected chi connectivity index (χ3v) is 3.34. The number of aryl methyl sites for hydroxylation is 2. The van der Waals surface area contributed by atoms with Crippen LogP contribution in [-0.2, 0) is 0 Å². The monoisotopic (exact) mass is 320 g/mol. The highest BCUT2D eigenvalue weighted by atomic mass is 79.9. The fourth-order valence-electron chi connectivity index (χ4n) is 2.06. The molecule has 0 aromatic heterocycles. The van der Waals surface area contributed by atoms with E-state index in [9.17, 15) is 5.11 Å². The zero-order valence-corrected chi connectivity index (χ0v) is 12.9. The van der Waals surface area contributed by atoms with E-state index in [1.54, 1.807) is 6.92 Å². The molecule has 19 heavy (non-hydrogen) atoms. The van der Waals surface area contributed by atoms with Crippen LogP contribution < -0.4 is 4.74 Å². The summed E-state index contributed by atoms with van der Waals surface area (Å²) in [6.45, 7) is 5.81. The molecule has 0 heterocycles. The van der Waals surface area contributed by atoms with Gasteiger partial charge in [-0.25, -0.2) is 0 Å². The van der Waals surface area contributed by atoms with E-state index >= 15 is 0 Å². The highest BCUT2D eigenvalue weighted by Gasteiger charge is 2.11. The molecule has 0 aliphatic carbocycles. The maximum atomic E-state index is 9.79. The van der Waals surface area contributed by atoms with Gasteiger partial charge in [-0.15, -0.1) is 0 Å². The molecule has 0 saturated heterocycles. The van der Waals surface area contributed by atoms with Crippen molar-refractivity contribution >= 4 is 15.9 Å². The lowest BCUT2D eigenvalue weighted by Gasteiger charge is -2.14. The van der Waals surface area contributed by atoms with Crippen molar-refractivity contribution in [3.63, 3.8) is 0 Å². The Hall–Kier alpha value is -1.32. The standard InChI is InChI=1S/C16H17BrO2/c1-10-6-11(2)8-14(7-10)19-16-9-13(17)4-5-15(16)12(3)18/h4-9,12,18H,1-3H3. The molecule has 0 bridgehead atoms. The molecule has 2 nitrogen and oxygen atoms in total. The van der Waals surface area contributed by atoms with Gasteiger partial charge in [0.1, 0.15) is 11.5 Å². The molecule has 1 atom stereocenters. The minimum Gasteiger partial charge on any atom is -0.457 e. The minimum absolute atomic E-state index is 0.561. The Morgan fingerprint density at radius 1 is 1.05 bits per heavy atom. The first-order valence-corrected chi connectivity index (χ1v) is 6.98. The summed E-state index contributed by atoms with van der Waals surface area (Å²) < 4.78 is 6.85. The Balaban J connectivity index is 2.39. The molecule has 1 N–H and O–H groups in total. The Morgan fingerprint density at radius 2 is 1.68 bits per heavy atom. The average molecular weight is 321 g/mol. The van der Waals surface area contributed by atoms with Crippen molar-refractivity contribution in [3.8, 4) is 11.5 Å². The normalized spacial score (nSPS) is 12.3. The Morgan fingerprint density at radius 3 is 2.26 bits per heavy atom. The summed E-state index contributed by atoms with van der Waals surface area (Å²) in [7, 11) is 0. The number of hydrogen-bond acceptors (Lipinski definition) is 2. The van der Waals surface area contributed by atoms with Crippen LogP contribution in [0.1, 0.15) is 29.7 Å².